The van der Waals surface area contributed by atoms with Crippen LogP contribution >= 0.6 is 11.6 Å². The highest BCUT2D eigenvalue weighted by Crippen LogP contribution is 2.33. The van der Waals surface area contributed by atoms with E-state index in [-0.39, 0.29) is 11.9 Å². The summed E-state index contributed by atoms with van der Waals surface area (Å²) >= 11 is 6.39. The Labute approximate surface area is 228 Å². The lowest BCUT2D eigenvalue weighted by molar-refractivity contribution is 0.00159. The van der Waals surface area contributed by atoms with Crippen molar-refractivity contribution in [2.75, 3.05) is 57.1 Å². The lowest BCUT2D eigenvalue weighted by Crippen LogP contribution is -2.50. The SMILES string of the molecule is CC[C@@H](C)Nc1nc(Nc2ccc(C(=O)N3CCC(N4CCOCC4)CC3)cc2OC)nc2[nH]cc(Cl)c12. The number of halogens is 1. The number of H-pyrrole nitrogens is 1. The fourth-order valence-electron chi connectivity index (χ4n) is 5.10. The maximum Gasteiger partial charge on any atom is 0.253 e. The van der Waals surface area contributed by atoms with Crippen molar-refractivity contribution in [2.24, 2.45) is 0 Å². The highest BCUT2D eigenvalue weighted by molar-refractivity contribution is 6.36. The number of anilines is 3. The van der Waals surface area contributed by atoms with Gasteiger partial charge in [-0.1, -0.05) is 18.5 Å². The molecule has 11 heteroatoms. The number of aromatic nitrogens is 3. The van der Waals surface area contributed by atoms with E-state index in [1.807, 2.05) is 17.0 Å². The van der Waals surface area contributed by atoms with Crippen LogP contribution in [0.25, 0.3) is 11.0 Å². The molecule has 2 saturated heterocycles. The molecule has 0 unspecified atom stereocenters. The van der Waals surface area contributed by atoms with Gasteiger partial charge in [0.1, 0.15) is 17.2 Å². The summed E-state index contributed by atoms with van der Waals surface area (Å²) in [4.78, 5) is 30.1. The summed E-state index contributed by atoms with van der Waals surface area (Å²) in [5.74, 6) is 1.62. The van der Waals surface area contributed by atoms with E-state index < -0.39 is 0 Å². The van der Waals surface area contributed by atoms with Gasteiger partial charge in [-0.15, -0.1) is 0 Å². The molecule has 1 amide bonds. The molecule has 38 heavy (non-hydrogen) atoms. The Morgan fingerprint density at radius 3 is 2.71 bits per heavy atom. The van der Waals surface area contributed by atoms with Crippen LogP contribution < -0.4 is 15.4 Å². The largest absolute Gasteiger partial charge is 0.495 e. The van der Waals surface area contributed by atoms with Gasteiger partial charge in [0, 0.05) is 50.0 Å². The molecule has 1 atom stereocenters. The Morgan fingerprint density at radius 2 is 2.00 bits per heavy atom. The first-order valence-electron chi connectivity index (χ1n) is 13.3. The van der Waals surface area contributed by atoms with Crippen molar-refractivity contribution in [3.05, 3.63) is 35.0 Å². The van der Waals surface area contributed by atoms with Crippen molar-refractivity contribution in [3.63, 3.8) is 0 Å². The summed E-state index contributed by atoms with van der Waals surface area (Å²) in [5.41, 5.74) is 1.90. The standard InChI is InChI=1S/C27H36ClN7O3/c1-4-17(2)30-25-23-20(28)16-29-24(23)32-27(33-25)31-21-6-5-18(15-22(21)37-3)26(36)35-9-7-19(8-10-35)34-11-13-38-14-12-34/h5-6,15-17,19H,4,7-14H2,1-3H3,(H3,29,30,31,32,33)/t17-/m1/s1. The number of carbonyl (C=O) groups is 1. The van der Waals surface area contributed by atoms with Crippen LogP contribution in [0.5, 0.6) is 5.75 Å². The van der Waals surface area contributed by atoms with Gasteiger partial charge in [0.25, 0.3) is 5.91 Å². The first kappa shape index (κ1) is 26.5. The summed E-state index contributed by atoms with van der Waals surface area (Å²) in [6, 6.07) is 6.18. The molecule has 0 saturated carbocycles. The third-order valence-corrected chi connectivity index (χ3v) is 7.79. The van der Waals surface area contributed by atoms with Crippen molar-refractivity contribution in [1.29, 1.82) is 0 Å². The number of nitrogens with zero attached hydrogens (tertiary/aromatic N) is 4. The van der Waals surface area contributed by atoms with Gasteiger partial charge in [0.05, 0.1) is 36.4 Å². The maximum absolute atomic E-state index is 13.3. The van der Waals surface area contributed by atoms with Gasteiger partial charge in [0.2, 0.25) is 5.95 Å². The van der Waals surface area contributed by atoms with Crippen molar-refractivity contribution >= 4 is 46.0 Å². The van der Waals surface area contributed by atoms with Crippen LogP contribution in [-0.4, -0.2) is 89.2 Å². The maximum atomic E-state index is 13.3. The number of ether oxygens (including phenoxy) is 2. The number of carbonyl (C=O) groups excluding carboxylic acids is 1. The van der Waals surface area contributed by atoms with Crippen molar-refractivity contribution < 1.29 is 14.3 Å². The number of rotatable bonds is 8. The second kappa shape index (κ2) is 11.8. The molecule has 3 aromatic rings. The van der Waals surface area contributed by atoms with Crippen molar-refractivity contribution in [3.8, 4) is 5.75 Å². The van der Waals surface area contributed by atoms with E-state index in [1.54, 1.807) is 19.4 Å². The average molecular weight is 542 g/mol. The summed E-state index contributed by atoms with van der Waals surface area (Å²) < 4.78 is 11.1. The van der Waals surface area contributed by atoms with Crippen molar-refractivity contribution in [2.45, 2.75) is 45.2 Å². The lowest BCUT2D eigenvalue weighted by Gasteiger charge is -2.40. The topological polar surface area (TPSA) is 108 Å². The Hall–Kier alpha value is -3.08. The molecule has 2 fully saturated rings. The summed E-state index contributed by atoms with van der Waals surface area (Å²) in [6.45, 7) is 9.25. The van der Waals surface area contributed by atoms with E-state index in [0.29, 0.717) is 45.5 Å². The van der Waals surface area contributed by atoms with E-state index in [4.69, 9.17) is 21.1 Å². The number of nitrogens with one attached hydrogen (secondary N) is 3. The number of benzene rings is 1. The Morgan fingerprint density at radius 1 is 1.24 bits per heavy atom. The normalized spacial score (nSPS) is 17.9. The van der Waals surface area contributed by atoms with Gasteiger partial charge in [-0.2, -0.15) is 9.97 Å². The molecule has 2 aliphatic heterocycles. The number of morpholine rings is 1. The Kier molecular flexibility index (Phi) is 8.21. The first-order valence-corrected chi connectivity index (χ1v) is 13.7. The van der Waals surface area contributed by atoms with E-state index >= 15 is 0 Å². The molecule has 1 aromatic carbocycles. The molecule has 204 valence electrons. The molecular weight excluding hydrogens is 506 g/mol. The van der Waals surface area contributed by atoms with Crippen LogP contribution in [0.3, 0.4) is 0 Å². The van der Waals surface area contributed by atoms with E-state index in [9.17, 15) is 4.79 Å². The van der Waals surface area contributed by atoms with Gasteiger partial charge in [-0.05, 0) is 44.4 Å². The van der Waals surface area contributed by atoms with Crippen LogP contribution in [0.4, 0.5) is 17.5 Å². The Bertz CT molecular complexity index is 1270. The van der Waals surface area contributed by atoms with Gasteiger partial charge in [-0.3, -0.25) is 9.69 Å². The zero-order valence-corrected chi connectivity index (χ0v) is 23.0. The smallest absolute Gasteiger partial charge is 0.253 e. The molecular formula is C27H36ClN7O3. The lowest BCUT2D eigenvalue weighted by atomic mass is 10.0. The number of fused-ring (bicyclic) bond motifs is 1. The number of hydrogen-bond acceptors (Lipinski definition) is 8. The number of methoxy groups -OCH3 is 1. The molecule has 4 heterocycles. The van der Waals surface area contributed by atoms with E-state index in [2.05, 4.69) is 44.3 Å². The summed E-state index contributed by atoms with van der Waals surface area (Å²) in [5, 5.41) is 7.98. The van der Waals surface area contributed by atoms with Crippen LogP contribution in [0, 0.1) is 0 Å². The molecule has 0 aliphatic carbocycles. The zero-order chi connectivity index (χ0) is 26.6. The predicted octanol–water partition coefficient (Wildman–Crippen LogP) is 4.51. The highest BCUT2D eigenvalue weighted by atomic mass is 35.5. The second-order valence-corrected chi connectivity index (χ2v) is 10.3. The molecule has 10 nitrogen and oxygen atoms in total. The van der Waals surface area contributed by atoms with Gasteiger partial charge < -0.3 is 30.0 Å². The van der Waals surface area contributed by atoms with Gasteiger partial charge >= 0.3 is 0 Å². The third kappa shape index (κ3) is 5.67. The second-order valence-electron chi connectivity index (χ2n) is 9.92. The minimum atomic E-state index is 0.0222. The molecule has 2 aromatic heterocycles. The molecule has 0 spiro atoms. The van der Waals surface area contributed by atoms with Crippen LogP contribution in [0.15, 0.2) is 24.4 Å². The minimum absolute atomic E-state index is 0.0222. The van der Waals surface area contributed by atoms with Gasteiger partial charge in [0.15, 0.2) is 0 Å². The van der Waals surface area contributed by atoms with Crippen LogP contribution in [0.2, 0.25) is 5.02 Å². The van der Waals surface area contributed by atoms with Crippen LogP contribution in [-0.2, 0) is 4.74 Å². The Balaban J connectivity index is 1.30. The number of amides is 1. The van der Waals surface area contributed by atoms with E-state index in [1.165, 1.54) is 0 Å². The number of piperidine rings is 1. The molecule has 3 N–H and O–H groups in total. The molecule has 0 bridgehead atoms. The van der Waals surface area contributed by atoms with Gasteiger partial charge in [-0.25, -0.2) is 0 Å². The number of aromatic amines is 1. The van der Waals surface area contributed by atoms with Crippen molar-refractivity contribution in [1.82, 2.24) is 24.8 Å². The quantitative estimate of drug-likeness (QED) is 0.382. The molecule has 2 aliphatic rings. The number of likely N-dealkylation sites (tertiary alicyclic amines) is 1. The van der Waals surface area contributed by atoms with E-state index in [0.717, 1.165) is 64.0 Å². The fraction of sp³-hybridized carbons (Fsp3) is 0.519. The molecule has 0 radical (unpaired) electrons. The summed E-state index contributed by atoms with van der Waals surface area (Å²) in [6.07, 6.45) is 4.61. The monoisotopic (exact) mass is 541 g/mol. The predicted molar refractivity (Wildman–Crippen MR) is 150 cm³/mol. The molecule has 5 rings (SSSR count). The minimum Gasteiger partial charge on any atom is -0.495 e. The highest BCUT2D eigenvalue weighted by Gasteiger charge is 2.28. The first-order chi connectivity index (χ1) is 18.5. The number of hydrogen-bond donors (Lipinski definition) is 3. The van der Waals surface area contributed by atoms with Crippen LogP contribution in [0.1, 0.15) is 43.5 Å². The fourth-order valence-corrected chi connectivity index (χ4v) is 5.33. The third-order valence-electron chi connectivity index (χ3n) is 7.49. The summed E-state index contributed by atoms with van der Waals surface area (Å²) in [7, 11) is 1.59. The average Bonchev–Trinajstić information content (AvgIpc) is 3.33. The zero-order valence-electron chi connectivity index (χ0n) is 22.2.